The van der Waals surface area contributed by atoms with Gasteiger partial charge in [-0.25, -0.2) is 0 Å². The second-order valence-corrected chi connectivity index (χ2v) is 5.96. The van der Waals surface area contributed by atoms with Crippen molar-refractivity contribution in [2.75, 3.05) is 27.2 Å². The Labute approximate surface area is 124 Å². The van der Waals surface area contributed by atoms with Gasteiger partial charge < -0.3 is 15.1 Å². The zero-order valence-corrected chi connectivity index (χ0v) is 13.1. The molecule has 0 aliphatic carbocycles. The van der Waals surface area contributed by atoms with Gasteiger partial charge in [-0.3, -0.25) is 14.7 Å². The SMILES string of the molecule is CC(C)NC(=O)c1n[nH]c2c1CN(C(=O)CN(C)C)CC2. The molecule has 1 aromatic heterocycles. The lowest BCUT2D eigenvalue weighted by Crippen LogP contribution is -2.41. The van der Waals surface area contributed by atoms with Crippen molar-refractivity contribution < 1.29 is 9.59 Å². The van der Waals surface area contributed by atoms with Gasteiger partial charge in [0.15, 0.2) is 5.69 Å². The third kappa shape index (κ3) is 3.60. The normalized spacial score (nSPS) is 14.5. The Morgan fingerprint density at radius 1 is 1.43 bits per heavy atom. The largest absolute Gasteiger partial charge is 0.348 e. The molecule has 1 aromatic rings. The van der Waals surface area contributed by atoms with Crippen molar-refractivity contribution in [1.29, 1.82) is 0 Å². The molecular weight excluding hydrogens is 270 g/mol. The third-order valence-electron chi connectivity index (χ3n) is 3.37. The van der Waals surface area contributed by atoms with Crippen molar-refractivity contribution in [2.45, 2.75) is 32.9 Å². The van der Waals surface area contributed by atoms with Gasteiger partial charge in [-0.2, -0.15) is 5.10 Å². The number of hydrogen-bond acceptors (Lipinski definition) is 4. The van der Waals surface area contributed by atoms with Crippen LogP contribution in [-0.4, -0.2) is 65.0 Å². The van der Waals surface area contributed by atoms with Crippen LogP contribution in [0, 0.1) is 0 Å². The second kappa shape index (κ2) is 6.26. The zero-order valence-electron chi connectivity index (χ0n) is 13.1. The highest BCUT2D eigenvalue weighted by Crippen LogP contribution is 2.20. The molecule has 116 valence electrons. The van der Waals surface area contributed by atoms with E-state index in [4.69, 9.17) is 0 Å². The number of carbonyl (C=O) groups excluding carboxylic acids is 2. The van der Waals surface area contributed by atoms with Gasteiger partial charge in [-0.1, -0.05) is 0 Å². The highest BCUT2D eigenvalue weighted by molar-refractivity contribution is 5.94. The van der Waals surface area contributed by atoms with Crippen LogP contribution in [0.1, 0.15) is 35.6 Å². The number of hydrogen-bond donors (Lipinski definition) is 2. The van der Waals surface area contributed by atoms with Crippen LogP contribution in [-0.2, 0) is 17.8 Å². The molecule has 7 heteroatoms. The predicted molar refractivity (Wildman–Crippen MR) is 78.9 cm³/mol. The fraction of sp³-hybridized carbons (Fsp3) is 0.643. The van der Waals surface area contributed by atoms with Crippen molar-refractivity contribution in [3.8, 4) is 0 Å². The smallest absolute Gasteiger partial charge is 0.272 e. The summed E-state index contributed by atoms with van der Waals surface area (Å²) in [6, 6.07) is 0.0555. The molecule has 2 rings (SSSR count). The Kier molecular flexibility index (Phi) is 4.62. The first kappa shape index (κ1) is 15.5. The van der Waals surface area contributed by atoms with Gasteiger partial charge in [0.25, 0.3) is 5.91 Å². The Morgan fingerprint density at radius 2 is 2.14 bits per heavy atom. The number of carbonyl (C=O) groups is 2. The van der Waals surface area contributed by atoms with E-state index in [2.05, 4.69) is 15.5 Å². The molecule has 0 fully saturated rings. The minimum atomic E-state index is -0.190. The van der Waals surface area contributed by atoms with E-state index in [0.717, 1.165) is 11.3 Å². The minimum absolute atomic E-state index is 0.0555. The predicted octanol–water partition coefficient (Wildman–Crippen LogP) is -0.00580. The van der Waals surface area contributed by atoms with Crippen LogP contribution in [0.15, 0.2) is 0 Å². The monoisotopic (exact) mass is 293 g/mol. The number of H-pyrrole nitrogens is 1. The molecule has 21 heavy (non-hydrogen) atoms. The van der Waals surface area contributed by atoms with Gasteiger partial charge in [-0.15, -0.1) is 0 Å². The fourth-order valence-electron chi connectivity index (χ4n) is 2.40. The lowest BCUT2D eigenvalue weighted by molar-refractivity contribution is -0.132. The van der Waals surface area contributed by atoms with E-state index >= 15 is 0 Å². The van der Waals surface area contributed by atoms with Crippen LogP contribution < -0.4 is 5.32 Å². The van der Waals surface area contributed by atoms with Crippen molar-refractivity contribution in [3.63, 3.8) is 0 Å². The molecule has 1 aliphatic rings. The van der Waals surface area contributed by atoms with Gasteiger partial charge in [0.2, 0.25) is 5.91 Å². The number of fused-ring (bicyclic) bond motifs is 1. The highest BCUT2D eigenvalue weighted by atomic mass is 16.2. The summed E-state index contributed by atoms with van der Waals surface area (Å²) >= 11 is 0. The molecule has 2 N–H and O–H groups in total. The van der Waals surface area contributed by atoms with Gasteiger partial charge in [0.05, 0.1) is 6.54 Å². The summed E-state index contributed by atoms with van der Waals surface area (Å²) in [5, 5.41) is 9.88. The molecule has 7 nitrogen and oxygen atoms in total. The Bertz CT molecular complexity index is 535. The van der Waals surface area contributed by atoms with E-state index in [1.807, 2.05) is 32.8 Å². The first-order valence-electron chi connectivity index (χ1n) is 7.18. The molecule has 0 saturated carbocycles. The van der Waals surface area contributed by atoms with E-state index in [1.165, 1.54) is 0 Å². The average molecular weight is 293 g/mol. The molecule has 1 aliphatic heterocycles. The van der Waals surface area contributed by atoms with E-state index in [1.54, 1.807) is 4.90 Å². The fourth-order valence-corrected chi connectivity index (χ4v) is 2.40. The molecule has 0 radical (unpaired) electrons. The van der Waals surface area contributed by atoms with Crippen LogP contribution in [0.2, 0.25) is 0 Å². The van der Waals surface area contributed by atoms with Crippen LogP contribution in [0.25, 0.3) is 0 Å². The number of nitrogens with one attached hydrogen (secondary N) is 2. The number of nitrogens with zero attached hydrogens (tertiary/aromatic N) is 3. The minimum Gasteiger partial charge on any atom is -0.348 e. The lowest BCUT2D eigenvalue weighted by Gasteiger charge is -2.28. The van der Waals surface area contributed by atoms with Crippen LogP contribution >= 0.6 is 0 Å². The van der Waals surface area contributed by atoms with Gasteiger partial charge in [0.1, 0.15) is 0 Å². The average Bonchev–Trinajstić information content (AvgIpc) is 2.79. The molecule has 2 heterocycles. The van der Waals surface area contributed by atoms with Crippen LogP contribution in [0.3, 0.4) is 0 Å². The standard InChI is InChI=1S/C14H23N5O2/c1-9(2)15-14(21)13-10-7-19(12(20)8-18(3)4)6-5-11(10)16-17-13/h9H,5-8H2,1-4H3,(H,15,21)(H,16,17). The lowest BCUT2D eigenvalue weighted by atomic mass is 10.0. The molecule has 2 amide bonds. The van der Waals surface area contributed by atoms with E-state index < -0.39 is 0 Å². The van der Waals surface area contributed by atoms with Crippen molar-refractivity contribution in [3.05, 3.63) is 17.0 Å². The number of amides is 2. The molecular formula is C14H23N5O2. The summed E-state index contributed by atoms with van der Waals surface area (Å²) in [5.74, 6) is -0.119. The Balaban J connectivity index is 2.14. The topological polar surface area (TPSA) is 81.3 Å². The summed E-state index contributed by atoms with van der Waals surface area (Å²) in [4.78, 5) is 27.9. The molecule has 0 bridgehead atoms. The highest BCUT2D eigenvalue weighted by Gasteiger charge is 2.27. The number of likely N-dealkylation sites (N-methyl/N-ethyl adjacent to an activating group) is 1. The van der Waals surface area contributed by atoms with Crippen molar-refractivity contribution in [2.24, 2.45) is 0 Å². The van der Waals surface area contributed by atoms with Crippen molar-refractivity contribution >= 4 is 11.8 Å². The van der Waals surface area contributed by atoms with Gasteiger partial charge in [0, 0.05) is 36.8 Å². The number of aromatic amines is 1. The quantitative estimate of drug-likeness (QED) is 0.818. The maximum atomic E-state index is 12.2. The molecule has 0 saturated heterocycles. The maximum absolute atomic E-state index is 12.2. The summed E-state index contributed by atoms with van der Waals surface area (Å²) in [5.41, 5.74) is 2.20. The van der Waals surface area contributed by atoms with Gasteiger partial charge >= 0.3 is 0 Å². The summed E-state index contributed by atoms with van der Waals surface area (Å²) < 4.78 is 0. The Hall–Kier alpha value is -1.89. The third-order valence-corrected chi connectivity index (χ3v) is 3.37. The second-order valence-electron chi connectivity index (χ2n) is 5.96. The molecule has 0 spiro atoms. The van der Waals surface area contributed by atoms with Gasteiger partial charge in [-0.05, 0) is 27.9 Å². The van der Waals surface area contributed by atoms with E-state index in [9.17, 15) is 9.59 Å². The molecule has 0 aromatic carbocycles. The van der Waals surface area contributed by atoms with Crippen LogP contribution in [0.4, 0.5) is 0 Å². The molecule has 0 unspecified atom stereocenters. The summed E-state index contributed by atoms with van der Waals surface area (Å²) in [7, 11) is 3.74. The summed E-state index contributed by atoms with van der Waals surface area (Å²) in [6.07, 6.45) is 0.705. The summed E-state index contributed by atoms with van der Waals surface area (Å²) in [6.45, 7) is 5.29. The number of aromatic nitrogens is 2. The van der Waals surface area contributed by atoms with Crippen LogP contribution in [0.5, 0.6) is 0 Å². The zero-order chi connectivity index (χ0) is 15.6. The Morgan fingerprint density at radius 3 is 2.76 bits per heavy atom. The van der Waals surface area contributed by atoms with E-state index in [-0.39, 0.29) is 17.9 Å². The maximum Gasteiger partial charge on any atom is 0.272 e. The first-order chi connectivity index (χ1) is 9.88. The van der Waals surface area contributed by atoms with E-state index in [0.29, 0.717) is 31.7 Å². The molecule has 0 atom stereocenters. The first-order valence-corrected chi connectivity index (χ1v) is 7.18. The van der Waals surface area contributed by atoms with Crippen molar-refractivity contribution in [1.82, 2.24) is 25.3 Å². The number of rotatable bonds is 4.